The van der Waals surface area contributed by atoms with Crippen LogP contribution in [-0.4, -0.2) is 121 Å². The third kappa shape index (κ3) is 4.68. The van der Waals surface area contributed by atoms with Crippen molar-refractivity contribution in [3.63, 3.8) is 0 Å². The lowest BCUT2D eigenvalue weighted by Gasteiger charge is -2.64. The van der Waals surface area contributed by atoms with Crippen LogP contribution in [0.3, 0.4) is 0 Å². The van der Waals surface area contributed by atoms with E-state index in [0.29, 0.717) is 66.6 Å². The molecule has 1 aliphatic carbocycles. The Balaban J connectivity index is 1.39. The van der Waals surface area contributed by atoms with Crippen molar-refractivity contribution in [2.24, 2.45) is 11.3 Å². The number of carbonyl (C=O) groups excluding carboxylic acids is 3. The number of nitrogens with zero attached hydrogens (tertiary/aromatic N) is 3. The normalized spacial score (nSPS) is 36.9. The van der Waals surface area contributed by atoms with Crippen LogP contribution in [0, 0.1) is 11.3 Å². The molecular weight excluding hydrogens is 771 g/mol. The molecule has 0 radical (unpaired) electrons. The summed E-state index contributed by atoms with van der Waals surface area (Å²) in [5.74, 6) is -1.47. The number of anilines is 1. The molecule has 3 aromatic rings. The smallest absolute Gasteiger partial charge is 0.342 e. The number of hydrogen-bond acceptors (Lipinski definition) is 11. The van der Waals surface area contributed by atoms with Gasteiger partial charge in [-0.15, -0.1) is 11.6 Å². The van der Waals surface area contributed by atoms with E-state index in [-0.39, 0.29) is 31.1 Å². The Morgan fingerprint density at radius 2 is 1.75 bits per heavy atom. The van der Waals surface area contributed by atoms with Gasteiger partial charge in [-0.25, -0.2) is 4.79 Å². The molecule has 5 aliphatic heterocycles. The number of hydrogen-bond donors (Lipinski definition) is 3. The molecule has 3 fully saturated rings. The molecule has 0 amide bonds. The predicted molar refractivity (Wildman–Crippen MR) is 215 cm³/mol. The second-order valence-corrected chi connectivity index (χ2v) is 17.9. The van der Waals surface area contributed by atoms with Crippen LogP contribution < -0.4 is 9.64 Å². The van der Waals surface area contributed by atoms with E-state index < -0.39 is 57.5 Å². The molecule has 2 saturated heterocycles. The first kappa shape index (κ1) is 38.8. The average Bonchev–Trinajstić information content (AvgIpc) is 3.87. The SMILES string of the molecule is CCC1=C(Cl)C2CN(C1)C(Cl)c1c([nH]c3ccccc13)[C@@](C(=O)OC)(c1cc3c(cc1OC)N(C)[C@H]1[C@@](O)(C(=O)OC)[C@H](O)[C@]4(CC)CC(=O)CN5CC[C@]31[C@H]54)C2. The largest absolute Gasteiger partial charge is 0.496 e. The quantitative estimate of drug-likeness (QED) is 0.178. The molecule has 3 N–H and O–H groups in total. The molecule has 2 aromatic carbocycles. The van der Waals surface area contributed by atoms with Crippen LogP contribution in [0.2, 0.25) is 0 Å². The van der Waals surface area contributed by atoms with Crippen LogP contribution in [0.5, 0.6) is 5.75 Å². The van der Waals surface area contributed by atoms with Crippen LogP contribution in [-0.2, 0) is 34.7 Å². The molecule has 10 atom stereocenters. The average molecular weight is 822 g/mol. The summed E-state index contributed by atoms with van der Waals surface area (Å²) >= 11 is 14.9. The van der Waals surface area contributed by atoms with Crippen molar-refractivity contribution in [3.05, 3.63) is 69.4 Å². The zero-order valence-electron chi connectivity index (χ0n) is 33.2. The number of rotatable bonds is 6. The zero-order chi connectivity index (χ0) is 40.6. The Morgan fingerprint density at radius 1 is 1.02 bits per heavy atom. The van der Waals surface area contributed by atoms with Gasteiger partial charge in [0.1, 0.15) is 28.6 Å². The number of para-hydroxylation sites is 1. The number of ketones is 1. The van der Waals surface area contributed by atoms with Crippen molar-refractivity contribution in [2.75, 3.05) is 59.5 Å². The predicted octanol–water partition coefficient (Wildman–Crippen LogP) is 4.89. The number of ether oxygens (including phenoxy) is 3. The Labute approximate surface area is 342 Å². The number of esters is 2. The fraction of sp³-hybridized carbons (Fsp3) is 0.558. The molecule has 1 aromatic heterocycles. The number of halogens is 2. The van der Waals surface area contributed by atoms with E-state index in [1.807, 2.05) is 48.2 Å². The van der Waals surface area contributed by atoms with Crippen molar-refractivity contribution >= 4 is 57.5 Å². The van der Waals surface area contributed by atoms with Gasteiger partial charge in [-0.1, -0.05) is 43.6 Å². The highest BCUT2D eigenvalue weighted by Crippen LogP contribution is 2.68. The van der Waals surface area contributed by atoms with Gasteiger partial charge >= 0.3 is 11.9 Å². The number of alkyl halides is 1. The van der Waals surface area contributed by atoms with Crippen molar-refractivity contribution in [1.29, 1.82) is 0 Å². The summed E-state index contributed by atoms with van der Waals surface area (Å²) < 4.78 is 17.5. The lowest BCUT2D eigenvalue weighted by atomic mass is 9.46. The summed E-state index contributed by atoms with van der Waals surface area (Å²) in [7, 11) is 5.95. The number of aliphatic hydroxyl groups is 2. The number of aromatic nitrogens is 1. The van der Waals surface area contributed by atoms with Crippen molar-refractivity contribution < 1.29 is 38.8 Å². The molecule has 6 aliphatic rings. The maximum atomic E-state index is 15.2. The van der Waals surface area contributed by atoms with Crippen LogP contribution >= 0.6 is 23.2 Å². The highest BCUT2D eigenvalue weighted by molar-refractivity contribution is 6.30. The molecule has 3 unspecified atom stereocenters. The number of aromatic amines is 1. The van der Waals surface area contributed by atoms with E-state index in [2.05, 4.69) is 21.7 Å². The van der Waals surface area contributed by atoms with E-state index in [1.54, 1.807) is 14.2 Å². The molecule has 2 bridgehead atoms. The van der Waals surface area contributed by atoms with Gasteiger partial charge in [-0.2, -0.15) is 0 Å². The van der Waals surface area contributed by atoms with Gasteiger partial charge in [-0.3, -0.25) is 19.4 Å². The Bertz CT molecular complexity index is 2260. The van der Waals surface area contributed by atoms with Crippen LogP contribution in [0.4, 0.5) is 5.69 Å². The van der Waals surface area contributed by atoms with E-state index in [9.17, 15) is 19.8 Å². The highest BCUT2D eigenvalue weighted by atomic mass is 35.5. The van der Waals surface area contributed by atoms with Crippen molar-refractivity contribution in [2.45, 2.75) is 86.1 Å². The summed E-state index contributed by atoms with van der Waals surface area (Å²) in [5.41, 5.74) is -1.60. The van der Waals surface area contributed by atoms with Crippen LogP contribution in [0.1, 0.15) is 73.8 Å². The Morgan fingerprint density at radius 3 is 2.44 bits per heavy atom. The summed E-state index contributed by atoms with van der Waals surface area (Å²) in [6.45, 7) is 5.76. The summed E-state index contributed by atoms with van der Waals surface area (Å²) in [5, 5.41) is 26.9. The second-order valence-electron chi connectivity index (χ2n) is 17.1. The minimum atomic E-state index is -2.42. The van der Waals surface area contributed by atoms with E-state index in [0.717, 1.165) is 27.6 Å². The number of aliphatic hydroxyl groups excluding tert-OH is 1. The second kappa shape index (κ2) is 13.2. The number of benzene rings is 2. The fourth-order valence-electron chi connectivity index (χ4n) is 12.8. The maximum absolute atomic E-state index is 15.2. The Hall–Kier alpha value is -3.65. The molecule has 6 heterocycles. The van der Waals surface area contributed by atoms with Crippen LogP contribution in [0.15, 0.2) is 47.0 Å². The van der Waals surface area contributed by atoms with Gasteiger partial charge in [0.15, 0.2) is 0 Å². The van der Waals surface area contributed by atoms with Gasteiger partial charge in [0.2, 0.25) is 5.60 Å². The number of fused-ring (bicyclic) bond motifs is 6. The molecule has 304 valence electrons. The lowest BCUT2D eigenvalue weighted by Crippen LogP contribution is -2.82. The highest BCUT2D eigenvalue weighted by Gasteiger charge is 2.80. The molecular formula is C43H50Cl2N4O8. The summed E-state index contributed by atoms with van der Waals surface area (Å²) in [6, 6.07) is 10.3. The van der Waals surface area contributed by atoms with E-state index in [4.69, 9.17) is 37.4 Å². The lowest BCUT2D eigenvalue weighted by molar-refractivity contribution is -0.231. The van der Waals surface area contributed by atoms with Gasteiger partial charge in [0.05, 0.1) is 33.9 Å². The molecule has 1 saturated carbocycles. The molecule has 14 heteroatoms. The molecule has 9 rings (SSSR count). The standard InChI is InChI=1S/C43H50Cl2N4O8/c1-7-22-19-49-20-23(32(22)44)17-42(38(52)56-5,33-31(34(49)45)25-11-9-10-12-28(25)46-33)27-15-26-29(16-30(27)55-4)47(3)36-41(26)13-14-48-21-24(50)18-40(8-2,35(41)48)37(51)43(36,54)39(53)57-6/h9-12,15-16,23,34-37,46,51,54H,7-8,13-14,17-21H2,1-6H3/t23?,34?,35-,36-,37-,40-,41-,42+,43+/m1/s1. The van der Waals surface area contributed by atoms with Gasteiger partial charge in [0, 0.05) is 93.9 Å². The summed E-state index contributed by atoms with van der Waals surface area (Å²) in [6.07, 6.45) is 0.0929. The molecule has 1 spiro atoms. The summed E-state index contributed by atoms with van der Waals surface area (Å²) in [4.78, 5) is 52.7. The van der Waals surface area contributed by atoms with Crippen LogP contribution in [0.25, 0.3) is 10.9 Å². The number of carbonyl (C=O) groups is 3. The number of likely N-dealkylation sites (N-methyl/N-ethyl adjacent to an activating group) is 1. The molecule has 57 heavy (non-hydrogen) atoms. The monoisotopic (exact) mass is 820 g/mol. The third-order valence-electron chi connectivity index (χ3n) is 15.0. The Kier molecular flexibility index (Phi) is 8.98. The number of piperidine rings is 1. The number of Topliss-reactive ketones (excluding diaryl/α,β-unsaturated/α-hetero) is 1. The fourth-order valence-corrected chi connectivity index (χ4v) is 13.5. The van der Waals surface area contributed by atoms with E-state index in [1.165, 1.54) is 14.2 Å². The minimum absolute atomic E-state index is 0.00786. The first-order chi connectivity index (χ1) is 27.2. The van der Waals surface area contributed by atoms with E-state index >= 15 is 4.79 Å². The number of H-pyrrole nitrogens is 1. The maximum Gasteiger partial charge on any atom is 0.342 e. The first-order valence-electron chi connectivity index (χ1n) is 19.9. The minimum Gasteiger partial charge on any atom is -0.496 e. The number of methoxy groups -OCH3 is 3. The zero-order valence-corrected chi connectivity index (χ0v) is 34.7. The number of nitrogens with one attached hydrogen (secondary N) is 1. The van der Waals surface area contributed by atoms with Crippen molar-refractivity contribution in [3.8, 4) is 5.75 Å². The van der Waals surface area contributed by atoms with Crippen molar-refractivity contribution in [1.82, 2.24) is 14.8 Å². The first-order valence-corrected chi connectivity index (χ1v) is 20.7. The topological polar surface area (TPSA) is 145 Å². The van der Waals surface area contributed by atoms with Gasteiger partial charge < -0.3 is 34.3 Å². The molecule has 12 nitrogen and oxygen atoms in total. The third-order valence-corrected chi connectivity index (χ3v) is 16.1. The van der Waals surface area contributed by atoms with Gasteiger partial charge in [-0.05, 0) is 55.5 Å². The van der Waals surface area contributed by atoms with Gasteiger partial charge in [0.25, 0.3) is 0 Å².